The number of aromatic nitrogens is 1. The second-order valence-corrected chi connectivity index (χ2v) is 11.0. The molecular weight excluding hydrogens is 539 g/mol. The molecule has 1 amide bonds. The molecule has 2 heterocycles. The number of carbonyl (C=O) groups is 1. The molecule has 1 saturated heterocycles. The molecule has 1 aliphatic heterocycles. The molecule has 0 radical (unpaired) electrons. The lowest BCUT2D eigenvalue weighted by Gasteiger charge is -2.39. The Morgan fingerprint density at radius 2 is 1.77 bits per heavy atom. The largest absolute Gasteiger partial charge is 0.469 e. The second kappa shape index (κ2) is 12.6. The van der Waals surface area contributed by atoms with Crippen LogP contribution in [0.1, 0.15) is 70.5 Å². The van der Waals surface area contributed by atoms with E-state index < -0.39 is 23.8 Å². The third kappa shape index (κ3) is 7.15. The lowest BCUT2D eigenvalue weighted by Crippen LogP contribution is -2.42. The van der Waals surface area contributed by atoms with Crippen molar-refractivity contribution in [3.8, 4) is 5.88 Å². The molecule has 1 aliphatic rings. The smallest absolute Gasteiger partial charge is 0.416 e. The van der Waals surface area contributed by atoms with Crippen LogP contribution in [-0.4, -0.2) is 34.9 Å². The van der Waals surface area contributed by atoms with Crippen molar-refractivity contribution in [1.29, 1.82) is 0 Å². The summed E-state index contributed by atoms with van der Waals surface area (Å²) in [6.07, 6.45) is -1.43. The Hall–Kier alpha value is -3.10. The number of alkyl halides is 3. The maximum Gasteiger partial charge on any atom is 0.416 e. The first-order chi connectivity index (χ1) is 18.9. The number of hydrogen-bond donors (Lipinski definition) is 1. The van der Waals surface area contributed by atoms with E-state index in [9.17, 15) is 18.0 Å². The van der Waals surface area contributed by atoms with Gasteiger partial charge in [0.05, 0.1) is 5.56 Å². The maximum absolute atomic E-state index is 13.2. The number of primary amides is 1. The minimum absolute atomic E-state index is 0.0958. The van der Waals surface area contributed by atoms with Gasteiger partial charge in [0.15, 0.2) is 0 Å². The number of piperidine rings is 1. The summed E-state index contributed by atoms with van der Waals surface area (Å²) in [5.41, 5.74) is 9.17. The normalized spacial score (nSPS) is 16.5. The fourth-order valence-electron chi connectivity index (χ4n) is 5.63. The van der Waals surface area contributed by atoms with Crippen LogP contribution in [0.5, 0.6) is 5.88 Å². The summed E-state index contributed by atoms with van der Waals surface area (Å²) in [5, 5.41) is 0.291. The van der Waals surface area contributed by atoms with E-state index >= 15 is 0 Å². The van der Waals surface area contributed by atoms with Crippen LogP contribution in [0.3, 0.4) is 0 Å². The van der Waals surface area contributed by atoms with Crippen molar-refractivity contribution in [2.45, 2.75) is 64.8 Å². The minimum Gasteiger partial charge on any atom is -0.469 e. The highest BCUT2D eigenvalue weighted by Gasteiger charge is 2.33. The molecule has 0 saturated carbocycles. The molecule has 1 aromatic heterocycles. The van der Waals surface area contributed by atoms with Gasteiger partial charge in [0.1, 0.15) is 11.3 Å². The molecule has 0 spiro atoms. The highest BCUT2D eigenvalue weighted by molar-refractivity contribution is 6.29. The van der Waals surface area contributed by atoms with Crippen LogP contribution >= 0.6 is 11.6 Å². The lowest BCUT2D eigenvalue weighted by molar-refractivity contribution is -0.137. The van der Waals surface area contributed by atoms with Gasteiger partial charge in [-0.2, -0.15) is 13.2 Å². The maximum atomic E-state index is 13.2. The Bertz CT molecular complexity index is 1320. The average molecular weight is 574 g/mol. The fourth-order valence-corrected chi connectivity index (χ4v) is 5.79. The summed E-state index contributed by atoms with van der Waals surface area (Å²) in [4.78, 5) is 18.6. The van der Waals surface area contributed by atoms with Gasteiger partial charge in [-0.3, -0.25) is 4.79 Å². The number of aryl methyl sites for hydroxylation is 2. The van der Waals surface area contributed by atoms with E-state index in [2.05, 4.69) is 22.9 Å². The first kappa shape index (κ1) is 29.9. The third-order valence-corrected chi connectivity index (χ3v) is 8.20. The molecule has 0 bridgehead atoms. The average Bonchev–Trinajstić information content (AvgIpc) is 2.91. The first-order valence-electron chi connectivity index (χ1n) is 13.5. The van der Waals surface area contributed by atoms with Crippen LogP contribution in [0.4, 0.5) is 13.2 Å². The number of nitrogens with two attached hydrogens (primary N) is 1. The van der Waals surface area contributed by atoms with Crippen molar-refractivity contribution in [3.05, 3.63) is 93.1 Å². The van der Waals surface area contributed by atoms with Gasteiger partial charge in [-0.25, -0.2) is 4.98 Å². The molecule has 9 heteroatoms. The molecule has 40 heavy (non-hydrogen) atoms. The van der Waals surface area contributed by atoms with Gasteiger partial charge < -0.3 is 15.4 Å². The van der Waals surface area contributed by atoms with Crippen molar-refractivity contribution in [3.63, 3.8) is 0 Å². The minimum atomic E-state index is -4.40. The number of hydrogen-bond acceptors (Lipinski definition) is 4. The molecule has 2 unspecified atom stereocenters. The summed E-state index contributed by atoms with van der Waals surface area (Å²) in [6, 6.07) is 14.6. The van der Waals surface area contributed by atoms with E-state index in [-0.39, 0.29) is 5.92 Å². The van der Waals surface area contributed by atoms with E-state index in [0.29, 0.717) is 28.2 Å². The van der Waals surface area contributed by atoms with Gasteiger partial charge in [-0.1, -0.05) is 41.9 Å². The highest BCUT2D eigenvalue weighted by Crippen LogP contribution is 2.37. The SMILES string of the molecule is Cc1ccc(CCC(C)N2CCC(C(Oc3cccc(Cl)n3)c3ccc(C(F)(F)F)cc3)CC2)c(C)c1C(N)=O. The van der Waals surface area contributed by atoms with Gasteiger partial charge >= 0.3 is 6.18 Å². The highest BCUT2D eigenvalue weighted by atomic mass is 35.5. The van der Waals surface area contributed by atoms with E-state index in [4.69, 9.17) is 22.1 Å². The zero-order chi connectivity index (χ0) is 29.0. The summed E-state index contributed by atoms with van der Waals surface area (Å²) in [7, 11) is 0. The van der Waals surface area contributed by atoms with Crippen LogP contribution in [-0.2, 0) is 12.6 Å². The van der Waals surface area contributed by atoms with Crippen molar-refractivity contribution >= 4 is 17.5 Å². The predicted octanol–water partition coefficient (Wildman–Crippen LogP) is 7.32. The van der Waals surface area contributed by atoms with E-state index in [1.54, 1.807) is 18.2 Å². The molecule has 2 N–H and O–H groups in total. The van der Waals surface area contributed by atoms with E-state index in [1.807, 2.05) is 19.9 Å². The summed E-state index contributed by atoms with van der Waals surface area (Å²) >= 11 is 6.05. The monoisotopic (exact) mass is 573 g/mol. The molecule has 4 rings (SSSR count). The number of amides is 1. The molecule has 1 fully saturated rings. The van der Waals surface area contributed by atoms with Gasteiger partial charge in [0.2, 0.25) is 11.8 Å². The zero-order valence-electron chi connectivity index (χ0n) is 23.0. The number of benzene rings is 2. The van der Waals surface area contributed by atoms with Crippen LogP contribution in [0.2, 0.25) is 5.15 Å². The number of ether oxygens (including phenoxy) is 1. The van der Waals surface area contributed by atoms with Crippen LogP contribution in [0.25, 0.3) is 0 Å². The Kier molecular flexibility index (Phi) is 9.41. The van der Waals surface area contributed by atoms with Gasteiger partial charge in [0, 0.05) is 23.6 Å². The Morgan fingerprint density at radius 1 is 1.10 bits per heavy atom. The van der Waals surface area contributed by atoms with Crippen LogP contribution in [0, 0.1) is 19.8 Å². The third-order valence-electron chi connectivity index (χ3n) is 7.99. The number of rotatable bonds is 9. The molecule has 214 valence electrons. The van der Waals surface area contributed by atoms with Gasteiger partial charge in [0.25, 0.3) is 0 Å². The van der Waals surface area contributed by atoms with Crippen molar-refractivity contribution in [1.82, 2.24) is 9.88 Å². The second-order valence-electron chi connectivity index (χ2n) is 10.6. The Balaban J connectivity index is 1.43. The van der Waals surface area contributed by atoms with Gasteiger partial charge in [-0.05, 0) is 100.0 Å². The molecule has 5 nitrogen and oxygen atoms in total. The fraction of sp³-hybridized carbons (Fsp3) is 0.419. The molecular formula is C31H35ClF3N3O2. The van der Waals surface area contributed by atoms with Gasteiger partial charge in [-0.15, -0.1) is 0 Å². The zero-order valence-corrected chi connectivity index (χ0v) is 23.7. The Morgan fingerprint density at radius 3 is 2.38 bits per heavy atom. The summed E-state index contributed by atoms with van der Waals surface area (Å²) in [6.45, 7) is 7.74. The standard InChI is InChI=1S/C31H35ClF3N3O2/c1-19-7-9-22(21(3)28(19)30(36)39)10-8-20(2)38-17-15-24(16-18-38)29(40-27-6-4-5-26(32)37-27)23-11-13-25(14-12-23)31(33,34)35/h4-7,9,11-14,20,24,29H,8,10,15-18H2,1-3H3,(H2,36,39). The topological polar surface area (TPSA) is 68.4 Å². The lowest BCUT2D eigenvalue weighted by atomic mass is 9.86. The van der Waals surface area contributed by atoms with E-state index in [0.717, 1.165) is 67.6 Å². The number of pyridine rings is 1. The molecule has 3 aromatic rings. The summed E-state index contributed by atoms with van der Waals surface area (Å²) in [5.74, 6) is 0.0418. The molecule has 0 aliphatic carbocycles. The summed E-state index contributed by atoms with van der Waals surface area (Å²) < 4.78 is 45.8. The van der Waals surface area contributed by atoms with Crippen LogP contribution in [0.15, 0.2) is 54.6 Å². The van der Waals surface area contributed by atoms with Crippen molar-refractivity contribution in [2.75, 3.05) is 13.1 Å². The quantitative estimate of drug-likeness (QED) is 0.272. The first-order valence-corrected chi connectivity index (χ1v) is 13.9. The van der Waals surface area contributed by atoms with Crippen molar-refractivity contribution < 1.29 is 22.7 Å². The predicted molar refractivity (Wildman–Crippen MR) is 151 cm³/mol. The Labute approximate surface area is 238 Å². The number of likely N-dealkylation sites (tertiary alicyclic amines) is 1. The number of halogens is 4. The molecule has 2 aromatic carbocycles. The van der Waals surface area contributed by atoms with Crippen molar-refractivity contribution in [2.24, 2.45) is 11.7 Å². The number of nitrogens with zero attached hydrogens (tertiary/aromatic N) is 2. The van der Waals surface area contributed by atoms with E-state index in [1.165, 1.54) is 12.1 Å². The molecule has 2 atom stereocenters. The number of carbonyl (C=O) groups excluding carboxylic acids is 1. The van der Waals surface area contributed by atoms with Crippen LogP contribution < -0.4 is 10.5 Å².